The fraction of sp³-hybridized carbons (Fsp3) is 0.333. The number of nitrogens with zero attached hydrogens (tertiary/aromatic N) is 1. The topological polar surface area (TPSA) is 59.9 Å². The zero-order valence-corrected chi connectivity index (χ0v) is 21.9. The van der Waals surface area contributed by atoms with Crippen molar-refractivity contribution >= 4 is 50.1 Å². The van der Waals surface area contributed by atoms with Crippen molar-refractivity contribution in [3.8, 4) is 11.5 Å². The van der Waals surface area contributed by atoms with E-state index in [-0.39, 0.29) is 18.1 Å². The average Bonchev–Trinajstić information content (AvgIpc) is 3.41. The molecule has 0 fully saturated rings. The molecule has 0 radical (unpaired) electrons. The summed E-state index contributed by atoms with van der Waals surface area (Å²) in [5.41, 5.74) is 3.76. The number of fused-ring (bicyclic) bond motifs is 2. The van der Waals surface area contributed by atoms with Gasteiger partial charge in [0.15, 0.2) is 11.5 Å². The lowest BCUT2D eigenvalue weighted by Gasteiger charge is -2.33. The molecule has 5 rings (SSSR count). The Kier molecular flexibility index (Phi) is 6.25. The van der Waals surface area contributed by atoms with Crippen molar-refractivity contribution in [2.45, 2.75) is 40.0 Å². The molecule has 2 heterocycles. The Morgan fingerprint density at radius 1 is 1.15 bits per heavy atom. The van der Waals surface area contributed by atoms with Crippen LogP contribution < -0.4 is 14.8 Å². The summed E-state index contributed by atoms with van der Waals surface area (Å²) in [5.74, 6) is 1.95. The molecule has 3 aromatic rings. The summed E-state index contributed by atoms with van der Waals surface area (Å²) in [7, 11) is 0. The number of thiophene rings is 1. The molecule has 1 amide bonds. The summed E-state index contributed by atoms with van der Waals surface area (Å²) in [4.78, 5) is 19.6. The minimum Gasteiger partial charge on any atom is -0.454 e. The van der Waals surface area contributed by atoms with Crippen molar-refractivity contribution in [2.24, 2.45) is 16.3 Å². The predicted molar refractivity (Wildman–Crippen MR) is 141 cm³/mol. The van der Waals surface area contributed by atoms with Crippen LogP contribution in [0.4, 0.5) is 10.7 Å². The Morgan fingerprint density at radius 3 is 2.68 bits per heavy atom. The van der Waals surface area contributed by atoms with E-state index in [4.69, 9.17) is 14.5 Å². The van der Waals surface area contributed by atoms with Gasteiger partial charge in [-0.15, -0.1) is 11.3 Å². The SMILES string of the molecule is CC(C)(C)[C@@H]1CCc2c(sc(N=Cc3ccc4c(c3)OCO4)c2C(=O)Nc2ccc(Br)cc2)C1. The molecular weight excluding hydrogens is 512 g/mol. The molecule has 1 aliphatic carbocycles. The van der Waals surface area contributed by atoms with E-state index < -0.39 is 0 Å². The van der Waals surface area contributed by atoms with Gasteiger partial charge < -0.3 is 14.8 Å². The van der Waals surface area contributed by atoms with Crippen LogP contribution >= 0.6 is 27.3 Å². The van der Waals surface area contributed by atoms with Gasteiger partial charge in [0.25, 0.3) is 5.91 Å². The molecule has 0 saturated carbocycles. The van der Waals surface area contributed by atoms with Gasteiger partial charge in [-0.2, -0.15) is 0 Å². The number of ether oxygens (including phenoxy) is 2. The first-order valence-electron chi connectivity index (χ1n) is 11.4. The first kappa shape index (κ1) is 23.1. The molecule has 7 heteroatoms. The van der Waals surface area contributed by atoms with Gasteiger partial charge in [-0.25, -0.2) is 4.99 Å². The van der Waals surface area contributed by atoms with Crippen LogP contribution in [0.15, 0.2) is 51.9 Å². The van der Waals surface area contributed by atoms with E-state index in [9.17, 15) is 4.79 Å². The summed E-state index contributed by atoms with van der Waals surface area (Å²) in [6, 6.07) is 13.4. The number of benzene rings is 2. The van der Waals surface area contributed by atoms with Crippen LogP contribution in [0.5, 0.6) is 11.5 Å². The van der Waals surface area contributed by atoms with Crippen LogP contribution in [-0.4, -0.2) is 18.9 Å². The van der Waals surface area contributed by atoms with Crippen molar-refractivity contribution in [3.05, 3.63) is 68.5 Å². The Hall–Kier alpha value is -2.64. The van der Waals surface area contributed by atoms with Gasteiger partial charge in [-0.1, -0.05) is 36.7 Å². The van der Waals surface area contributed by atoms with Gasteiger partial charge in [0, 0.05) is 21.3 Å². The fourth-order valence-electron chi connectivity index (χ4n) is 4.49. The quantitative estimate of drug-likeness (QED) is 0.352. The second kappa shape index (κ2) is 9.19. The van der Waals surface area contributed by atoms with E-state index in [2.05, 4.69) is 42.0 Å². The Bertz CT molecular complexity index is 1260. The van der Waals surface area contributed by atoms with E-state index in [1.807, 2.05) is 42.5 Å². The number of hydrogen-bond acceptors (Lipinski definition) is 5. The number of halogens is 1. The van der Waals surface area contributed by atoms with Crippen LogP contribution in [0.25, 0.3) is 0 Å². The van der Waals surface area contributed by atoms with Gasteiger partial charge in [0.05, 0.1) is 5.56 Å². The first-order chi connectivity index (χ1) is 16.3. The van der Waals surface area contributed by atoms with E-state index in [1.165, 1.54) is 4.88 Å². The molecule has 5 nitrogen and oxygen atoms in total. The lowest BCUT2D eigenvalue weighted by molar-refractivity contribution is 0.102. The third-order valence-electron chi connectivity index (χ3n) is 6.53. The van der Waals surface area contributed by atoms with E-state index in [1.54, 1.807) is 17.6 Å². The largest absolute Gasteiger partial charge is 0.454 e. The second-order valence-corrected chi connectivity index (χ2v) is 11.8. The van der Waals surface area contributed by atoms with Crippen LogP contribution in [-0.2, 0) is 12.8 Å². The van der Waals surface area contributed by atoms with Gasteiger partial charge in [0.2, 0.25) is 6.79 Å². The predicted octanol–water partition coefficient (Wildman–Crippen LogP) is 7.39. The maximum Gasteiger partial charge on any atom is 0.259 e. The first-order valence-corrected chi connectivity index (χ1v) is 13.0. The van der Waals surface area contributed by atoms with Crippen LogP contribution in [0.3, 0.4) is 0 Å². The van der Waals surface area contributed by atoms with E-state index >= 15 is 0 Å². The smallest absolute Gasteiger partial charge is 0.259 e. The summed E-state index contributed by atoms with van der Waals surface area (Å²) < 4.78 is 11.9. The summed E-state index contributed by atoms with van der Waals surface area (Å²) in [6.07, 6.45) is 4.77. The summed E-state index contributed by atoms with van der Waals surface area (Å²) in [5, 5.41) is 3.83. The molecule has 0 unspecified atom stereocenters. The standard InChI is InChI=1S/C27H27BrN2O3S/c1-27(2,3)17-5-10-20-23(13-17)34-26(24(20)25(31)30-19-8-6-18(28)7-9-19)29-14-16-4-11-21-22(12-16)33-15-32-21/h4,6-9,11-12,14,17H,5,10,13,15H2,1-3H3,(H,30,31)/t17-/m1/s1. The number of carbonyl (C=O) groups is 1. The zero-order chi connectivity index (χ0) is 23.9. The number of aliphatic imine (C=N–C) groups is 1. The monoisotopic (exact) mass is 538 g/mol. The highest BCUT2D eigenvalue weighted by Gasteiger charge is 2.33. The molecule has 1 aliphatic heterocycles. The molecule has 0 saturated heterocycles. The summed E-state index contributed by atoms with van der Waals surface area (Å²) in [6.45, 7) is 7.14. The molecule has 0 bridgehead atoms. The molecule has 1 aromatic heterocycles. The van der Waals surface area contributed by atoms with E-state index in [0.29, 0.717) is 11.5 Å². The molecular formula is C27H27BrN2O3S. The number of hydrogen-bond donors (Lipinski definition) is 1. The third kappa shape index (κ3) is 4.77. The van der Waals surface area contributed by atoms with Crippen LogP contribution in [0, 0.1) is 11.3 Å². The lowest BCUT2D eigenvalue weighted by Crippen LogP contribution is -2.27. The molecule has 34 heavy (non-hydrogen) atoms. The van der Waals surface area contributed by atoms with Crippen LogP contribution in [0.1, 0.15) is 53.6 Å². The number of amides is 1. The fourth-order valence-corrected chi connectivity index (χ4v) is 6.02. The number of carbonyl (C=O) groups excluding carboxylic acids is 1. The van der Waals surface area contributed by atoms with Crippen molar-refractivity contribution < 1.29 is 14.3 Å². The highest BCUT2D eigenvalue weighted by atomic mass is 79.9. The number of nitrogens with one attached hydrogen (secondary N) is 1. The van der Waals surface area contributed by atoms with Crippen LogP contribution in [0.2, 0.25) is 0 Å². The van der Waals surface area contributed by atoms with Crippen molar-refractivity contribution in [2.75, 3.05) is 12.1 Å². The second-order valence-electron chi connectivity index (χ2n) is 9.82. The molecule has 1 atom stereocenters. The number of anilines is 1. The highest BCUT2D eigenvalue weighted by Crippen LogP contribution is 2.45. The minimum atomic E-state index is -0.105. The normalized spacial score (nSPS) is 17.1. The minimum absolute atomic E-state index is 0.105. The van der Waals surface area contributed by atoms with Gasteiger partial charge >= 0.3 is 0 Å². The van der Waals surface area contributed by atoms with Gasteiger partial charge in [-0.05, 0) is 84.2 Å². The summed E-state index contributed by atoms with van der Waals surface area (Å²) >= 11 is 5.09. The third-order valence-corrected chi connectivity index (χ3v) is 8.22. The van der Waals surface area contributed by atoms with Crippen molar-refractivity contribution in [3.63, 3.8) is 0 Å². The molecule has 2 aromatic carbocycles. The molecule has 0 spiro atoms. The Morgan fingerprint density at radius 2 is 1.91 bits per heavy atom. The maximum atomic E-state index is 13.5. The average molecular weight is 539 g/mol. The van der Waals surface area contributed by atoms with E-state index in [0.717, 1.165) is 57.0 Å². The molecule has 2 aliphatic rings. The molecule has 176 valence electrons. The van der Waals surface area contributed by atoms with Crippen molar-refractivity contribution in [1.29, 1.82) is 0 Å². The van der Waals surface area contributed by atoms with Crippen molar-refractivity contribution in [1.82, 2.24) is 0 Å². The Balaban J connectivity index is 1.48. The van der Waals surface area contributed by atoms with Gasteiger partial charge in [0.1, 0.15) is 5.00 Å². The highest BCUT2D eigenvalue weighted by molar-refractivity contribution is 9.10. The molecule has 1 N–H and O–H groups in total. The zero-order valence-electron chi connectivity index (χ0n) is 19.5. The maximum absolute atomic E-state index is 13.5. The lowest BCUT2D eigenvalue weighted by atomic mass is 9.72. The Labute approximate surface area is 212 Å². The number of rotatable bonds is 4. The van der Waals surface area contributed by atoms with Gasteiger partial charge in [-0.3, -0.25) is 4.79 Å².